The Bertz CT molecular complexity index is 598. The molecule has 0 bridgehead atoms. The number of likely N-dealkylation sites (tertiary alicyclic amines) is 1. The number of amides is 3. The molecule has 0 spiro atoms. The first kappa shape index (κ1) is 18.0. The van der Waals surface area contributed by atoms with Gasteiger partial charge in [-0.25, -0.2) is 0 Å². The molecule has 0 unspecified atom stereocenters. The highest BCUT2D eigenvalue weighted by Crippen LogP contribution is 2.14. The number of hydrogen-bond donors (Lipinski definition) is 2. The lowest BCUT2D eigenvalue weighted by atomic mass is 10.1. The van der Waals surface area contributed by atoms with Gasteiger partial charge in [-0.3, -0.25) is 14.4 Å². The van der Waals surface area contributed by atoms with Crippen LogP contribution < -0.4 is 10.6 Å². The highest BCUT2D eigenvalue weighted by molar-refractivity contribution is 5.97. The van der Waals surface area contributed by atoms with Crippen molar-refractivity contribution in [3.63, 3.8) is 0 Å². The summed E-state index contributed by atoms with van der Waals surface area (Å²) in [7, 11) is 0. The molecule has 3 amide bonds. The van der Waals surface area contributed by atoms with Crippen molar-refractivity contribution in [2.24, 2.45) is 0 Å². The van der Waals surface area contributed by atoms with Gasteiger partial charge in [0.15, 0.2) is 0 Å². The lowest BCUT2D eigenvalue weighted by Crippen LogP contribution is -2.45. The standard InChI is InChI=1S/C18H25N3O3/c1-3-10-19-17(23)13(2)20-18(24)15-8-6-14(7-9-15)12-21-11-4-5-16(21)22/h6-9,13H,3-5,10-12H2,1-2H3,(H,19,23)(H,20,24)/t13-/m0/s1. The second-order valence-corrected chi connectivity index (χ2v) is 6.10. The van der Waals surface area contributed by atoms with Crippen LogP contribution in [0.25, 0.3) is 0 Å². The molecule has 6 nitrogen and oxygen atoms in total. The van der Waals surface area contributed by atoms with E-state index in [2.05, 4.69) is 10.6 Å². The van der Waals surface area contributed by atoms with Gasteiger partial charge in [0.1, 0.15) is 6.04 Å². The maximum Gasteiger partial charge on any atom is 0.251 e. The molecule has 1 aromatic rings. The first-order chi connectivity index (χ1) is 11.5. The molecule has 1 saturated heterocycles. The molecule has 0 radical (unpaired) electrons. The van der Waals surface area contributed by atoms with Crippen LogP contribution in [0.1, 0.15) is 49.0 Å². The van der Waals surface area contributed by atoms with Gasteiger partial charge in [-0.1, -0.05) is 19.1 Å². The van der Waals surface area contributed by atoms with Crippen LogP contribution >= 0.6 is 0 Å². The smallest absolute Gasteiger partial charge is 0.251 e. The van der Waals surface area contributed by atoms with E-state index < -0.39 is 6.04 Å². The van der Waals surface area contributed by atoms with E-state index in [-0.39, 0.29) is 17.7 Å². The molecule has 1 atom stereocenters. The van der Waals surface area contributed by atoms with Gasteiger partial charge in [0.05, 0.1) is 0 Å². The third-order valence-electron chi connectivity index (χ3n) is 4.05. The minimum absolute atomic E-state index is 0.184. The van der Waals surface area contributed by atoms with Gasteiger partial charge >= 0.3 is 0 Å². The first-order valence-corrected chi connectivity index (χ1v) is 8.46. The second kappa shape index (κ2) is 8.47. The van der Waals surface area contributed by atoms with Crippen LogP contribution in [0.15, 0.2) is 24.3 Å². The molecule has 1 heterocycles. The molecule has 0 aromatic heterocycles. The number of nitrogens with one attached hydrogen (secondary N) is 2. The van der Waals surface area contributed by atoms with Crippen LogP contribution in [0.2, 0.25) is 0 Å². The molecule has 0 saturated carbocycles. The van der Waals surface area contributed by atoms with Crippen molar-refractivity contribution in [1.29, 1.82) is 0 Å². The number of rotatable bonds is 7. The van der Waals surface area contributed by atoms with E-state index in [0.29, 0.717) is 25.1 Å². The van der Waals surface area contributed by atoms with Crippen molar-refractivity contribution in [3.05, 3.63) is 35.4 Å². The molecule has 2 rings (SSSR count). The summed E-state index contributed by atoms with van der Waals surface area (Å²) in [6.07, 6.45) is 2.39. The maximum atomic E-state index is 12.2. The van der Waals surface area contributed by atoms with Gasteiger partial charge in [-0.05, 0) is 37.5 Å². The monoisotopic (exact) mass is 331 g/mol. The van der Waals surface area contributed by atoms with Gasteiger partial charge in [-0.15, -0.1) is 0 Å². The van der Waals surface area contributed by atoms with Crippen LogP contribution in [0, 0.1) is 0 Å². The van der Waals surface area contributed by atoms with Crippen molar-refractivity contribution < 1.29 is 14.4 Å². The van der Waals surface area contributed by atoms with Gasteiger partial charge in [0.25, 0.3) is 5.91 Å². The van der Waals surface area contributed by atoms with Gasteiger partial charge in [-0.2, -0.15) is 0 Å². The Labute approximate surface area is 142 Å². The van der Waals surface area contributed by atoms with Gasteiger partial charge in [0.2, 0.25) is 11.8 Å². The summed E-state index contributed by atoms with van der Waals surface area (Å²) in [5, 5.41) is 5.44. The summed E-state index contributed by atoms with van der Waals surface area (Å²) in [6.45, 7) is 5.61. The van der Waals surface area contributed by atoms with E-state index in [1.807, 2.05) is 24.0 Å². The predicted octanol–water partition coefficient (Wildman–Crippen LogP) is 1.45. The molecular weight excluding hydrogens is 306 g/mol. The fourth-order valence-electron chi connectivity index (χ4n) is 2.60. The molecule has 1 aliphatic heterocycles. The van der Waals surface area contributed by atoms with Gasteiger partial charge < -0.3 is 15.5 Å². The van der Waals surface area contributed by atoms with Crippen LogP contribution in [0.5, 0.6) is 0 Å². The zero-order chi connectivity index (χ0) is 17.5. The second-order valence-electron chi connectivity index (χ2n) is 6.10. The molecule has 6 heteroatoms. The number of carbonyl (C=O) groups is 3. The molecule has 0 aliphatic carbocycles. The van der Waals surface area contributed by atoms with Crippen molar-refractivity contribution in [3.8, 4) is 0 Å². The normalized spacial score (nSPS) is 15.2. The van der Waals surface area contributed by atoms with E-state index in [9.17, 15) is 14.4 Å². The summed E-state index contributed by atoms with van der Waals surface area (Å²) in [6, 6.07) is 6.57. The predicted molar refractivity (Wildman–Crippen MR) is 91.3 cm³/mol. The molecular formula is C18H25N3O3. The summed E-state index contributed by atoms with van der Waals surface area (Å²) in [5.74, 6) is -0.281. The molecule has 24 heavy (non-hydrogen) atoms. The topological polar surface area (TPSA) is 78.5 Å². The Morgan fingerprint density at radius 2 is 1.96 bits per heavy atom. The average Bonchev–Trinajstić information content (AvgIpc) is 2.98. The summed E-state index contributed by atoms with van der Waals surface area (Å²) < 4.78 is 0. The van der Waals surface area contributed by atoms with Crippen molar-refractivity contribution in [2.45, 2.75) is 45.7 Å². The average molecular weight is 331 g/mol. The fraction of sp³-hybridized carbons (Fsp3) is 0.500. The van der Waals surface area contributed by atoms with E-state index in [0.717, 1.165) is 24.9 Å². The Balaban J connectivity index is 1.88. The zero-order valence-corrected chi connectivity index (χ0v) is 14.3. The van der Waals surface area contributed by atoms with E-state index in [1.54, 1.807) is 19.1 Å². The molecule has 2 N–H and O–H groups in total. The third kappa shape index (κ3) is 4.81. The Morgan fingerprint density at radius 1 is 1.25 bits per heavy atom. The minimum atomic E-state index is -0.578. The third-order valence-corrected chi connectivity index (χ3v) is 4.05. The minimum Gasteiger partial charge on any atom is -0.354 e. The van der Waals surface area contributed by atoms with Crippen molar-refractivity contribution >= 4 is 17.7 Å². The lowest BCUT2D eigenvalue weighted by Gasteiger charge is -2.16. The highest BCUT2D eigenvalue weighted by atomic mass is 16.2. The Kier molecular flexibility index (Phi) is 6.35. The maximum absolute atomic E-state index is 12.2. The molecule has 1 aliphatic rings. The lowest BCUT2D eigenvalue weighted by molar-refractivity contribution is -0.128. The van der Waals surface area contributed by atoms with Gasteiger partial charge in [0, 0.05) is 31.6 Å². The van der Waals surface area contributed by atoms with E-state index in [1.165, 1.54) is 0 Å². The molecule has 1 fully saturated rings. The molecule has 1 aromatic carbocycles. The number of nitrogens with zero attached hydrogens (tertiary/aromatic N) is 1. The van der Waals surface area contributed by atoms with E-state index >= 15 is 0 Å². The molecule has 130 valence electrons. The summed E-state index contributed by atoms with van der Waals surface area (Å²) in [5.41, 5.74) is 1.50. The zero-order valence-electron chi connectivity index (χ0n) is 14.3. The fourth-order valence-corrected chi connectivity index (χ4v) is 2.60. The van der Waals surface area contributed by atoms with Crippen molar-refractivity contribution in [2.75, 3.05) is 13.1 Å². The largest absolute Gasteiger partial charge is 0.354 e. The highest BCUT2D eigenvalue weighted by Gasteiger charge is 2.20. The number of hydrogen-bond acceptors (Lipinski definition) is 3. The quantitative estimate of drug-likeness (QED) is 0.794. The van der Waals surface area contributed by atoms with Crippen LogP contribution in [-0.2, 0) is 16.1 Å². The number of carbonyl (C=O) groups excluding carboxylic acids is 3. The first-order valence-electron chi connectivity index (χ1n) is 8.46. The van der Waals surface area contributed by atoms with Crippen LogP contribution in [-0.4, -0.2) is 41.8 Å². The Morgan fingerprint density at radius 3 is 2.54 bits per heavy atom. The summed E-state index contributed by atoms with van der Waals surface area (Å²) in [4.78, 5) is 37.4. The Hall–Kier alpha value is -2.37. The van der Waals surface area contributed by atoms with Crippen molar-refractivity contribution in [1.82, 2.24) is 15.5 Å². The SMILES string of the molecule is CCCNC(=O)[C@H](C)NC(=O)c1ccc(CN2CCCC2=O)cc1. The van der Waals surface area contributed by atoms with E-state index in [4.69, 9.17) is 0 Å². The summed E-state index contributed by atoms with van der Waals surface area (Å²) >= 11 is 0. The van der Waals surface area contributed by atoms with Crippen LogP contribution in [0.4, 0.5) is 0 Å². The van der Waals surface area contributed by atoms with Crippen LogP contribution in [0.3, 0.4) is 0 Å². The number of benzene rings is 1.